The Morgan fingerprint density at radius 2 is 1.78 bits per heavy atom. The van der Waals surface area contributed by atoms with Crippen LogP contribution in [0.4, 0.5) is 5.69 Å². The highest BCUT2D eigenvalue weighted by molar-refractivity contribution is 6.30. The summed E-state index contributed by atoms with van der Waals surface area (Å²) in [5.41, 5.74) is 1.96. The summed E-state index contributed by atoms with van der Waals surface area (Å²) < 4.78 is 0. The predicted molar refractivity (Wildman–Crippen MR) is 86.0 cm³/mol. The molecule has 3 rings (SSSR count). The number of hydrogen-bond acceptors (Lipinski definition) is 4. The van der Waals surface area contributed by atoms with Crippen LogP contribution in [0.5, 0.6) is 0 Å². The molecular formula is C18H13N3O2. The monoisotopic (exact) mass is 303 g/mol. The van der Waals surface area contributed by atoms with Crippen molar-refractivity contribution >= 4 is 23.1 Å². The van der Waals surface area contributed by atoms with Gasteiger partial charge in [-0.1, -0.05) is 30.3 Å². The summed E-state index contributed by atoms with van der Waals surface area (Å²) in [4.78, 5) is 25.2. The van der Waals surface area contributed by atoms with Crippen LogP contribution in [0.2, 0.25) is 0 Å². The lowest BCUT2D eigenvalue weighted by Crippen LogP contribution is -2.32. The molecule has 1 unspecified atom stereocenters. The van der Waals surface area contributed by atoms with Gasteiger partial charge in [0.05, 0.1) is 23.0 Å². The number of rotatable bonds is 3. The van der Waals surface area contributed by atoms with Crippen molar-refractivity contribution in [3.8, 4) is 6.07 Å². The minimum Gasteiger partial charge on any atom is -0.293 e. The maximum atomic E-state index is 12.6. The molecular weight excluding hydrogens is 290 g/mol. The predicted octanol–water partition coefficient (Wildman–Crippen LogP) is 2.78. The highest BCUT2D eigenvalue weighted by Gasteiger charge is 2.39. The van der Waals surface area contributed by atoms with Crippen LogP contribution in [0, 0.1) is 17.2 Å². The van der Waals surface area contributed by atoms with Gasteiger partial charge in [0.1, 0.15) is 5.92 Å². The Balaban J connectivity index is 1.89. The molecule has 0 saturated heterocycles. The quantitative estimate of drug-likeness (QED) is 0.646. The number of Topliss-reactive ketones (excluding diaryl/α,β-unsaturated/α-hetero) is 1. The van der Waals surface area contributed by atoms with Gasteiger partial charge in [-0.2, -0.15) is 15.4 Å². The third-order valence-electron chi connectivity index (χ3n) is 3.69. The molecule has 112 valence electrons. The van der Waals surface area contributed by atoms with Gasteiger partial charge >= 0.3 is 0 Å². The van der Waals surface area contributed by atoms with Gasteiger partial charge in [0.15, 0.2) is 5.78 Å². The molecule has 2 aromatic carbocycles. The first-order valence-electron chi connectivity index (χ1n) is 7.10. The number of para-hydroxylation sites is 1. The normalized spacial score (nSPS) is 16.9. The number of ketones is 1. The minimum atomic E-state index is -0.914. The fourth-order valence-electron chi connectivity index (χ4n) is 2.50. The van der Waals surface area contributed by atoms with Gasteiger partial charge in [0.25, 0.3) is 5.91 Å². The molecule has 0 saturated carbocycles. The Morgan fingerprint density at radius 3 is 2.39 bits per heavy atom. The number of carbonyl (C=O) groups excluding carboxylic acids is 2. The Kier molecular flexibility index (Phi) is 3.73. The van der Waals surface area contributed by atoms with Gasteiger partial charge in [-0.25, -0.2) is 0 Å². The maximum Gasteiger partial charge on any atom is 0.264 e. The van der Waals surface area contributed by atoms with Crippen molar-refractivity contribution in [1.82, 2.24) is 0 Å². The van der Waals surface area contributed by atoms with Crippen LogP contribution in [0.15, 0.2) is 59.7 Å². The van der Waals surface area contributed by atoms with Gasteiger partial charge in [-0.15, -0.1) is 0 Å². The van der Waals surface area contributed by atoms with Gasteiger partial charge in [-0.3, -0.25) is 9.59 Å². The van der Waals surface area contributed by atoms with Crippen molar-refractivity contribution in [2.24, 2.45) is 11.0 Å². The van der Waals surface area contributed by atoms with Crippen molar-refractivity contribution < 1.29 is 9.59 Å². The lowest BCUT2D eigenvalue weighted by molar-refractivity contribution is -0.118. The molecule has 5 heteroatoms. The molecule has 0 N–H and O–H groups in total. The second-order valence-electron chi connectivity index (χ2n) is 5.21. The number of hydrogen-bond donors (Lipinski definition) is 0. The Morgan fingerprint density at radius 1 is 1.13 bits per heavy atom. The van der Waals surface area contributed by atoms with Crippen LogP contribution in [0.3, 0.4) is 0 Å². The van der Waals surface area contributed by atoms with E-state index in [1.54, 1.807) is 43.3 Å². The van der Waals surface area contributed by atoms with E-state index in [1.807, 2.05) is 24.3 Å². The lowest BCUT2D eigenvalue weighted by atomic mass is 9.93. The van der Waals surface area contributed by atoms with E-state index in [1.165, 1.54) is 5.01 Å². The van der Waals surface area contributed by atoms with E-state index in [-0.39, 0.29) is 11.7 Å². The molecule has 0 spiro atoms. The highest BCUT2D eigenvalue weighted by Crippen LogP contribution is 2.26. The number of carbonyl (C=O) groups is 2. The van der Waals surface area contributed by atoms with Gasteiger partial charge < -0.3 is 0 Å². The summed E-state index contributed by atoms with van der Waals surface area (Å²) in [6.45, 7) is 1.67. The summed E-state index contributed by atoms with van der Waals surface area (Å²) in [7, 11) is 0. The highest BCUT2D eigenvalue weighted by atomic mass is 16.2. The molecule has 1 heterocycles. The van der Waals surface area contributed by atoms with Crippen LogP contribution in [-0.4, -0.2) is 17.4 Å². The minimum absolute atomic E-state index is 0.306. The van der Waals surface area contributed by atoms with Gasteiger partial charge in [0, 0.05) is 5.56 Å². The number of anilines is 1. The Bertz CT molecular complexity index is 833. The van der Waals surface area contributed by atoms with Gasteiger partial charge in [0.2, 0.25) is 0 Å². The second-order valence-corrected chi connectivity index (χ2v) is 5.21. The molecule has 0 fully saturated rings. The van der Waals surface area contributed by atoms with Crippen LogP contribution in [0.1, 0.15) is 22.8 Å². The molecule has 0 aliphatic carbocycles. The van der Waals surface area contributed by atoms with Crippen molar-refractivity contribution in [2.75, 3.05) is 5.01 Å². The first-order chi connectivity index (χ1) is 11.1. The van der Waals surface area contributed by atoms with Crippen molar-refractivity contribution in [3.05, 3.63) is 65.7 Å². The fraction of sp³-hybridized carbons (Fsp3) is 0.111. The van der Waals surface area contributed by atoms with E-state index in [2.05, 4.69) is 5.10 Å². The van der Waals surface area contributed by atoms with Gasteiger partial charge in [-0.05, 0) is 31.2 Å². The average Bonchev–Trinajstić information content (AvgIpc) is 2.89. The Hall–Kier alpha value is -3.26. The van der Waals surface area contributed by atoms with Crippen molar-refractivity contribution in [2.45, 2.75) is 6.92 Å². The SMILES string of the molecule is CC1=NN(c2ccccc2)C(=O)C1C(=O)c1ccc(C#N)cc1. The van der Waals surface area contributed by atoms with E-state index in [9.17, 15) is 9.59 Å². The molecule has 2 aromatic rings. The van der Waals surface area contributed by atoms with Crippen LogP contribution in [-0.2, 0) is 4.79 Å². The van der Waals surface area contributed by atoms with Crippen LogP contribution >= 0.6 is 0 Å². The van der Waals surface area contributed by atoms with Crippen molar-refractivity contribution in [1.29, 1.82) is 5.26 Å². The summed E-state index contributed by atoms with van der Waals surface area (Å²) >= 11 is 0. The number of amides is 1. The zero-order valence-corrected chi connectivity index (χ0v) is 12.4. The summed E-state index contributed by atoms with van der Waals surface area (Å²) in [6, 6.07) is 17.2. The second kappa shape index (κ2) is 5.85. The summed E-state index contributed by atoms with van der Waals surface area (Å²) in [6.07, 6.45) is 0. The van der Waals surface area contributed by atoms with E-state index >= 15 is 0 Å². The van der Waals surface area contributed by atoms with Crippen LogP contribution < -0.4 is 5.01 Å². The molecule has 1 atom stereocenters. The first-order valence-corrected chi connectivity index (χ1v) is 7.10. The third-order valence-corrected chi connectivity index (χ3v) is 3.69. The molecule has 0 bridgehead atoms. The molecule has 5 nitrogen and oxygen atoms in total. The molecule has 0 radical (unpaired) electrons. The zero-order valence-electron chi connectivity index (χ0n) is 12.4. The fourth-order valence-corrected chi connectivity index (χ4v) is 2.50. The molecule has 1 amide bonds. The molecule has 1 aliphatic rings. The topological polar surface area (TPSA) is 73.5 Å². The van der Waals surface area contributed by atoms with Crippen molar-refractivity contribution in [3.63, 3.8) is 0 Å². The number of nitriles is 1. The average molecular weight is 303 g/mol. The molecule has 1 aliphatic heterocycles. The first kappa shape index (κ1) is 14.7. The van der Waals surface area contributed by atoms with E-state index in [0.717, 1.165) is 0 Å². The smallest absolute Gasteiger partial charge is 0.264 e. The lowest BCUT2D eigenvalue weighted by Gasteiger charge is -2.13. The standard InChI is InChI=1S/C18H13N3O2/c1-12-16(17(22)14-9-7-13(11-19)8-10-14)18(23)21(20-12)15-5-3-2-4-6-15/h2-10,16H,1H3. The molecule has 0 aromatic heterocycles. The summed E-state index contributed by atoms with van der Waals surface area (Å²) in [5.74, 6) is -1.58. The molecule has 23 heavy (non-hydrogen) atoms. The van der Waals surface area contributed by atoms with E-state index < -0.39 is 5.92 Å². The third kappa shape index (κ3) is 2.62. The Labute approximate surface area is 133 Å². The number of benzene rings is 2. The van der Waals surface area contributed by atoms with E-state index in [4.69, 9.17) is 5.26 Å². The van der Waals surface area contributed by atoms with E-state index in [0.29, 0.717) is 22.5 Å². The maximum absolute atomic E-state index is 12.6. The number of hydrazone groups is 1. The largest absolute Gasteiger partial charge is 0.293 e. The zero-order chi connectivity index (χ0) is 16.4. The number of nitrogens with zero attached hydrogens (tertiary/aromatic N) is 3. The summed E-state index contributed by atoms with van der Waals surface area (Å²) in [5, 5.41) is 14.3. The van der Waals surface area contributed by atoms with Crippen LogP contribution in [0.25, 0.3) is 0 Å².